The highest BCUT2D eigenvalue weighted by molar-refractivity contribution is 5.85. The van der Waals surface area contributed by atoms with Crippen LogP contribution in [0.1, 0.15) is 59.7 Å². The lowest BCUT2D eigenvalue weighted by Gasteiger charge is -2.36. The summed E-state index contributed by atoms with van der Waals surface area (Å²) in [4.78, 5) is 17.2. The molecule has 0 spiro atoms. The van der Waals surface area contributed by atoms with Gasteiger partial charge in [0.2, 0.25) is 0 Å². The molecule has 6 heteroatoms. The summed E-state index contributed by atoms with van der Waals surface area (Å²) in [7, 11) is 0. The maximum atomic E-state index is 12.9. The van der Waals surface area contributed by atoms with Crippen LogP contribution in [0.25, 0.3) is 0 Å². The van der Waals surface area contributed by atoms with Gasteiger partial charge in [-0.25, -0.2) is 4.98 Å². The van der Waals surface area contributed by atoms with Crippen molar-refractivity contribution in [3.05, 3.63) is 45.6 Å². The van der Waals surface area contributed by atoms with Gasteiger partial charge in [-0.2, -0.15) is 0 Å². The summed E-state index contributed by atoms with van der Waals surface area (Å²) in [5.41, 5.74) is 10.6. The molecule has 2 heterocycles. The van der Waals surface area contributed by atoms with Crippen molar-refractivity contribution in [1.29, 1.82) is 0 Å². The summed E-state index contributed by atoms with van der Waals surface area (Å²) in [6.07, 6.45) is 3.91. The number of hydrogen-bond donors (Lipinski definition) is 3. The van der Waals surface area contributed by atoms with Crippen LogP contribution < -0.4 is 15.8 Å². The quantitative estimate of drug-likeness (QED) is 0.628. The second-order valence-electron chi connectivity index (χ2n) is 8.64. The lowest BCUT2D eigenvalue weighted by molar-refractivity contribution is -0.136. The van der Waals surface area contributed by atoms with E-state index in [2.05, 4.69) is 10.3 Å². The molecule has 0 radical (unpaired) electrons. The molecule has 1 aromatic heterocycles. The lowest BCUT2D eigenvalue weighted by atomic mass is 9.86. The minimum atomic E-state index is -0.903. The average Bonchev–Trinajstić information content (AvgIpc) is 2.69. The number of hydrogen-bond acceptors (Lipinski definition) is 5. The van der Waals surface area contributed by atoms with E-state index >= 15 is 0 Å². The largest absolute Gasteiger partial charge is 0.507 e. The molecule has 0 saturated carbocycles. The van der Waals surface area contributed by atoms with Crippen LogP contribution in [0.2, 0.25) is 0 Å². The highest BCUT2D eigenvalue weighted by Gasteiger charge is 2.40. The third-order valence-corrected chi connectivity index (χ3v) is 6.19. The molecule has 2 aromatic rings. The van der Waals surface area contributed by atoms with Crippen LogP contribution in [0.15, 0.2) is 12.1 Å². The van der Waals surface area contributed by atoms with Crippen LogP contribution in [-0.2, 0) is 17.6 Å². The van der Waals surface area contributed by atoms with E-state index in [9.17, 15) is 9.90 Å². The summed E-state index contributed by atoms with van der Waals surface area (Å²) < 4.78 is 6.23. The van der Waals surface area contributed by atoms with Crippen LogP contribution in [-0.4, -0.2) is 28.1 Å². The van der Waals surface area contributed by atoms with Crippen molar-refractivity contribution >= 4 is 11.7 Å². The number of nitrogens with one attached hydrogen (secondary N) is 1. The van der Waals surface area contributed by atoms with E-state index in [4.69, 9.17) is 10.5 Å². The summed E-state index contributed by atoms with van der Waals surface area (Å²) in [6, 6.07) is 3.91. The first-order chi connectivity index (χ1) is 14.1. The lowest BCUT2D eigenvalue weighted by Crippen LogP contribution is -2.51. The standard InChI is InChI=1S/C24H33N3O3/c1-14-12-18(27-20(25)13-14)8-6-7-11-26-23(29)24(5)10-9-19-17(4)21(28)15(2)16(3)22(19)30-24/h12-13,28H,6-11H2,1-5H3,(H2,25,27)(H,26,29). The Hall–Kier alpha value is -2.76. The zero-order chi connectivity index (χ0) is 22.1. The number of phenolic OH excluding ortho intramolecular Hbond substituents is 1. The first-order valence-corrected chi connectivity index (χ1v) is 10.6. The van der Waals surface area contributed by atoms with E-state index in [1.165, 1.54) is 0 Å². The molecule has 4 N–H and O–H groups in total. The molecule has 0 aliphatic carbocycles. The predicted octanol–water partition coefficient (Wildman–Crippen LogP) is 3.83. The Bertz CT molecular complexity index is 951. The topological polar surface area (TPSA) is 97.5 Å². The molecule has 0 fully saturated rings. The first-order valence-electron chi connectivity index (χ1n) is 10.6. The highest BCUT2D eigenvalue weighted by Crippen LogP contribution is 2.43. The Morgan fingerprint density at radius 3 is 2.63 bits per heavy atom. The predicted molar refractivity (Wildman–Crippen MR) is 119 cm³/mol. The minimum Gasteiger partial charge on any atom is -0.507 e. The molecule has 1 unspecified atom stereocenters. The molecule has 1 amide bonds. The number of aromatic hydroxyl groups is 1. The van der Waals surface area contributed by atoms with Crippen LogP contribution in [0.3, 0.4) is 0 Å². The number of nitrogen functional groups attached to an aromatic ring is 1. The molecule has 6 nitrogen and oxygen atoms in total. The van der Waals surface area contributed by atoms with Gasteiger partial charge < -0.3 is 20.9 Å². The molecule has 0 bridgehead atoms. The normalized spacial score (nSPS) is 17.9. The van der Waals surface area contributed by atoms with Crippen molar-refractivity contribution in [2.75, 3.05) is 12.3 Å². The molecule has 1 aliphatic rings. The number of phenols is 1. The molecule has 162 valence electrons. The van der Waals surface area contributed by atoms with Crippen molar-refractivity contribution in [1.82, 2.24) is 10.3 Å². The van der Waals surface area contributed by atoms with Crippen molar-refractivity contribution in [2.24, 2.45) is 0 Å². The minimum absolute atomic E-state index is 0.0890. The van der Waals surface area contributed by atoms with Crippen molar-refractivity contribution in [2.45, 2.75) is 72.3 Å². The van der Waals surface area contributed by atoms with Gasteiger partial charge >= 0.3 is 0 Å². The number of rotatable bonds is 6. The Labute approximate surface area is 178 Å². The zero-order valence-corrected chi connectivity index (χ0v) is 18.7. The number of fused-ring (bicyclic) bond motifs is 1. The van der Waals surface area contributed by atoms with Crippen molar-refractivity contribution in [3.8, 4) is 11.5 Å². The van der Waals surface area contributed by atoms with Crippen LogP contribution in [0.4, 0.5) is 5.82 Å². The van der Waals surface area contributed by atoms with Crippen LogP contribution in [0, 0.1) is 27.7 Å². The van der Waals surface area contributed by atoms with E-state index in [1.54, 1.807) is 0 Å². The number of carbonyl (C=O) groups excluding carboxylic acids is 1. The van der Waals surface area contributed by atoms with E-state index in [0.29, 0.717) is 31.0 Å². The third-order valence-electron chi connectivity index (χ3n) is 6.19. The smallest absolute Gasteiger partial charge is 0.263 e. The van der Waals surface area contributed by atoms with Gasteiger partial charge in [0.25, 0.3) is 5.91 Å². The number of aryl methyl sites for hydroxylation is 2. The number of anilines is 1. The summed E-state index contributed by atoms with van der Waals surface area (Å²) in [5, 5.41) is 13.3. The number of pyridine rings is 1. The maximum Gasteiger partial charge on any atom is 0.263 e. The molecular weight excluding hydrogens is 378 g/mol. The van der Waals surface area contributed by atoms with Gasteiger partial charge in [0.15, 0.2) is 5.60 Å². The van der Waals surface area contributed by atoms with E-state index in [1.807, 2.05) is 46.8 Å². The molecule has 1 aliphatic heterocycles. The fourth-order valence-corrected chi connectivity index (χ4v) is 4.12. The number of aromatic nitrogens is 1. The van der Waals surface area contributed by atoms with Gasteiger partial charge in [-0.3, -0.25) is 4.79 Å². The Morgan fingerprint density at radius 2 is 1.93 bits per heavy atom. The number of amides is 1. The zero-order valence-electron chi connectivity index (χ0n) is 18.7. The van der Waals surface area contributed by atoms with E-state index in [-0.39, 0.29) is 5.91 Å². The molecular formula is C24H33N3O3. The third kappa shape index (κ3) is 4.37. The number of nitrogens with zero attached hydrogens (tertiary/aromatic N) is 1. The molecule has 1 atom stereocenters. The van der Waals surface area contributed by atoms with Gasteiger partial charge in [-0.15, -0.1) is 0 Å². The monoisotopic (exact) mass is 411 g/mol. The molecule has 1 aromatic carbocycles. The average molecular weight is 412 g/mol. The van der Waals surface area contributed by atoms with Gasteiger partial charge in [0.1, 0.15) is 17.3 Å². The molecule has 0 saturated heterocycles. The second-order valence-corrected chi connectivity index (χ2v) is 8.64. The van der Waals surface area contributed by atoms with Crippen molar-refractivity contribution < 1.29 is 14.6 Å². The first kappa shape index (κ1) is 21.9. The highest BCUT2D eigenvalue weighted by atomic mass is 16.5. The number of benzene rings is 1. The molecule has 30 heavy (non-hydrogen) atoms. The van der Waals surface area contributed by atoms with Gasteiger partial charge in [-0.05, 0) is 94.7 Å². The number of nitrogens with two attached hydrogens (primary N) is 1. The van der Waals surface area contributed by atoms with Crippen molar-refractivity contribution in [3.63, 3.8) is 0 Å². The fourth-order valence-electron chi connectivity index (χ4n) is 4.12. The van der Waals surface area contributed by atoms with Gasteiger partial charge in [-0.1, -0.05) is 0 Å². The van der Waals surface area contributed by atoms with Crippen LogP contribution in [0.5, 0.6) is 11.5 Å². The number of unbranched alkanes of at least 4 members (excludes halogenated alkanes) is 1. The SMILES string of the molecule is Cc1cc(N)nc(CCCCNC(=O)C2(C)CCc3c(C)c(O)c(C)c(C)c3O2)c1. The van der Waals surface area contributed by atoms with E-state index < -0.39 is 5.60 Å². The van der Waals surface area contributed by atoms with E-state index in [0.717, 1.165) is 58.5 Å². The van der Waals surface area contributed by atoms with Gasteiger partial charge in [0.05, 0.1) is 0 Å². The van der Waals surface area contributed by atoms with Gasteiger partial charge in [0, 0.05) is 24.2 Å². The second kappa shape index (κ2) is 8.54. The Morgan fingerprint density at radius 1 is 1.20 bits per heavy atom. The number of carbonyl (C=O) groups is 1. The Kier molecular flexibility index (Phi) is 6.25. The summed E-state index contributed by atoms with van der Waals surface area (Å²) >= 11 is 0. The molecule has 3 rings (SSSR count). The van der Waals surface area contributed by atoms with Crippen LogP contribution >= 0.6 is 0 Å². The summed E-state index contributed by atoms with van der Waals surface area (Å²) in [5.74, 6) is 1.53. The Balaban J connectivity index is 1.56. The summed E-state index contributed by atoms with van der Waals surface area (Å²) in [6.45, 7) is 10.2. The number of ether oxygens (including phenoxy) is 1. The fraction of sp³-hybridized carbons (Fsp3) is 0.500. The maximum absolute atomic E-state index is 12.9.